The predicted octanol–water partition coefficient (Wildman–Crippen LogP) is 1.59. The molecule has 0 spiro atoms. The van der Waals surface area contributed by atoms with Gasteiger partial charge in [0.25, 0.3) is 0 Å². The molecule has 0 unspecified atom stereocenters. The van der Waals surface area contributed by atoms with Gasteiger partial charge in [0.2, 0.25) is 0 Å². The van der Waals surface area contributed by atoms with Crippen molar-refractivity contribution in [2.75, 3.05) is 20.4 Å². The quantitative estimate of drug-likeness (QED) is 0.335. The van der Waals surface area contributed by atoms with Crippen LogP contribution in [0.5, 0.6) is 0 Å². The third-order valence-corrected chi connectivity index (χ3v) is 7.09. The standard InChI is InChI=1S/C10H19O3PS.C4H9.Li/c1-12-14(11,13-2)7-10(15,8-3-4-8)9-5-6-9;1-3-4-2;/h8-9,15H,3-7H2,1-2H3;1,3-4H2,2H3;/q;-1;+1. The molecule has 0 aromatic carbocycles. The summed E-state index contributed by atoms with van der Waals surface area (Å²) in [7, 11) is 0.00641. The van der Waals surface area contributed by atoms with Gasteiger partial charge in [-0.2, -0.15) is 19.0 Å². The predicted molar refractivity (Wildman–Crippen MR) is 83.9 cm³/mol. The summed E-state index contributed by atoms with van der Waals surface area (Å²) in [6.07, 6.45) is 7.60. The van der Waals surface area contributed by atoms with Crippen LogP contribution in [0, 0.1) is 18.8 Å². The summed E-state index contributed by atoms with van der Waals surface area (Å²) in [5.41, 5.74) is 0. The molecule has 114 valence electrons. The molecule has 2 rings (SSSR count). The van der Waals surface area contributed by atoms with Crippen molar-refractivity contribution >= 4 is 20.2 Å². The first kappa shape index (κ1) is 21.1. The van der Waals surface area contributed by atoms with E-state index in [0.717, 1.165) is 6.42 Å². The maximum absolute atomic E-state index is 12.1. The molecule has 0 aromatic rings. The molecule has 0 bridgehead atoms. The fourth-order valence-electron chi connectivity index (χ4n) is 2.27. The van der Waals surface area contributed by atoms with Crippen molar-refractivity contribution in [3.8, 4) is 0 Å². The van der Waals surface area contributed by atoms with Crippen molar-refractivity contribution in [2.45, 2.75) is 50.2 Å². The van der Waals surface area contributed by atoms with E-state index in [1.165, 1.54) is 46.3 Å². The molecule has 2 fully saturated rings. The van der Waals surface area contributed by atoms with Crippen LogP contribution in [0.2, 0.25) is 0 Å². The molecule has 0 radical (unpaired) electrons. The number of hydrogen-bond acceptors (Lipinski definition) is 4. The minimum atomic E-state index is -2.91. The molecule has 0 aromatic heterocycles. The molecule has 0 amide bonds. The van der Waals surface area contributed by atoms with E-state index in [0.29, 0.717) is 18.0 Å². The van der Waals surface area contributed by atoms with E-state index in [9.17, 15) is 4.57 Å². The molecule has 3 nitrogen and oxygen atoms in total. The Morgan fingerprint density at radius 2 is 1.55 bits per heavy atom. The molecule has 0 aliphatic heterocycles. The van der Waals surface area contributed by atoms with Gasteiger partial charge in [-0.1, -0.05) is 13.3 Å². The van der Waals surface area contributed by atoms with Crippen molar-refractivity contribution in [2.24, 2.45) is 11.8 Å². The second-order valence-electron chi connectivity index (χ2n) is 5.53. The third-order valence-electron chi connectivity index (χ3n) is 3.93. The Balaban J connectivity index is 0.000000644. The second kappa shape index (κ2) is 9.28. The fourth-order valence-corrected chi connectivity index (χ4v) is 4.85. The zero-order chi connectivity index (χ0) is 14.5. The van der Waals surface area contributed by atoms with E-state index >= 15 is 0 Å². The maximum Gasteiger partial charge on any atom is 1.00 e. The summed E-state index contributed by atoms with van der Waals surface area (Å²) in [6.45, 7) is 5.72. The Bertz CT molecular complexity index is 298. The van der Waals surface area contributed by atoms with Gasteiger partial charge < -0.3 is 16.0 Å². The first-order valence-electron chi connectivity index (χ1n) is 7.18. The Labute approximate surface area is 142 Å². The molecule has 6 heteroatoms. The number of thiol groups is 1. The van der Waals surface area contributed by atoms with Gasteiger partial charge in [-0.15, -0.1) is 0 Å². The third kappa shape index (κ3) is 6.07. The Morgan fingerprint density at radius 3 is 1.75 bits per heavy atom. The van der Waals surface area contributed by atoms with Crippen LogP contribution in [-0.2, 0) is 13.6 Å². The minimum Gasteiger partial charge on any atom is -0.343 e. The van der Waals surface area contributed by atoms with E-state index in [4.69, 9.17) is 21.7 Å². The van der Waals surface area contributed by atoms with Gasteiger partial charge in [0.05, 0.1) is 6.16 Å². The largest absolute Gasteiger partial charge is 1.00 e. The van der Waals surface area contributed by atoms with Crippen molar-refractivity contribution in [1.82, 2.24) is 0 Å². The van der Waals surface area contributed by atoms with Gasteiger partial charge >= 0.3 is 26.5 Å². The van der Waals surface area contributed by atoms with Crippen LogP contribution in [0.3, 0.4) is 0 Å². The van der Waals surface area contributed by atoms with Gasteiger partial charge in [-0.25, -0.2) is 0 Å². The molecule has 0 N–H and O–H groups in total. The second-order valence-corrected chi connectivity index (χ2v) is 8.63. The van der Waals surface area contributed by atoms with E-state index in [1.807, 2.05) is 0 Å². The molecule has 0 saturated heterocycles. The van der Waals surface area contributed by atoms with Crippen LogP contribution in [0.4, 0.5) is 0 Å². The molecular weight excluding hydrogens is 286 g/mol. The molecule has 0 heterocycles. The number of hydrogen-bond donors (Lipinski definition) is 1. The first-order valence-corrected chi connectivity index (χ1v) is 9.35. The van der Waals surface area contributed by atoms with Gasteiger partial charge in [0.1, 0.15) is 0 Å². The smallest absolute Gasteiger partial charge is 0.343 e. The fraction of sp³-hybridized carbons (Fsp3) is 0.929. The molecule has 2 aliphatic carbocycles. The van der Waals surface area contributed by atoms with Crippen molar-refractivity contribution in [3.63, 3.8) is 0 Å². The van der Waals surface area contributed by atoms with Crippen LogP contribution in [0.1, 0.15) is 45.4 Å². The van der Waals surface area contributed by atoms with Crippen LogP contribution in [0.15, 0.2) is 0 Å². The topological polar surface area (TPSA) is 35.5 Å². The summed E-state index contributed by atoms with van der Waals surface area (Å²) in [5, 5.41) is 0. The average molecular weight is 314 g/mol. The van der Waals surface area contributed by atoms with E-state index in [-0.39, 0.29) is 23.6 Å². The van der Waals surface area contributed by atoms with Crippen molar-refractivity contribution in [1.29, 1.82) is 0 Å². The van der Waals surface area contributed by atoms with Crippen LogP contribution in [-0.4, -0.2) is 25.1 Å². The summed E-state index contributed by atoms with van der Waals surface area (Å²) in [6, 6.07) is 0. The van der Waals surface area contributed by atoms with Crippen LogP contribution >= 0.6 is 20.2 Å². The van der Waals surface area contributed by atoms with E-state index in [1.54, 1.807) is 0 Å². The van der Waals surface area contributed by atoms with Crippen molar-refractivity contribution < 1.29 is 32.5 Å². The minimum absolute atomic E-state index is 0. The molecule has 2 aliphatic rings. The van der Waals surface area contributed by atoms with Gasteiger partial charge in [-0.05, 0) is 37.5 Å². The van der Waals surface area contributed by atoms with Crippen molar-refractivity contribution in [3.05, 3.63) is 6.92 Å². The summed E-state index contributed by atoms with van der Waals surface area (Å²) in [4.78, 5) is 0. The zero-order valence-corrected chi connectivity index (χ0v) is 15.2. The Kier molecular flexibility index (Phi) is 9.79. The zero-order valence-electron chi connectivity index (χ0n) is 13.4. The average Bonchev–Trinajstić information content (AvgIpc) is 3.28. The van der Waals surface area contributed by atoms with Gasteiger partial charge in [-0.3, -0.25) is 4.57 Å². The van der Waals surface area contributed by atoms with Gasteiger partial charge in [0.15, 0.2) is 0 Å². The summed E-state index contributed by atoms with van der Waals surface area (Å²) in [5.74, 6) is 1.24. The van der Waals surface area contributed by atoms with Crippen LogP contribution < -0.4 is 18.9 Å². The van der Waals surface area contributed by atoms with Gasteiger partial charge in [0, 0.05) is 19.0 Å². The number of rotatable bonds is 7. The van der Waals surface area contributed by atoms with E-state index < -0.39 is 7.60 Å². The Morgan fingerprint density at radius 1 is 1.20 bits per heavy atom. The maximum atomic E-state index is 12.1. The van der Waals surface area contributed by atoms with Crippen LogP contribution in [0.25, 0.3) is 0 Å². The summed E-state index contributed by atoms with van der Waals surface area (Å²) >= 11 is 4.80. The molecule has 2 saturated carbocycles. The molecular formula is C14H28LiO3PS. The van der Waals surface area contributed by atoms with E-state index in [2.05, 4.69) is 13.8 Å². The normalized spacial score (nSPS) is 18.9. The number of unbranched alkanes of at least 4 members (excludes halogenated alkanes) is 1. The Hall–Kier alpha value is 1.10. The monoisotopic (exact) mass is 314 g/mol. The first-order chi connectivity index (χ1) is 8.95. The SMILES string of the molecule is COP(=O)(CC(S)(C1CC1)C1CC1)OC.[CH2-]CCC.[Li+]. The molecule has 0 atom stereocenters. The summed E-state index contributed by atoms with van der Waals surface area (Å²) < 4.78 is 22.1. The molecule has 20 heavy (non-hydrogen) atoms.